The number of nitrogens with zero attached hydrogens (tertiary/aromatic N) is 4. The molecule has 2 aromatic rings. The number of nitrogens with two attached hydrogens (primary N) is 1. The van der Waals surface area contributed by atoms with E-state index < -0.39 is 16.2 Å². The van der Waals surface area contributed by atoms with Gasteiger partial charge in [0.1, 0.15) is 5.75 Å². The van der Waals surface area contributed by atoms with Gasteiger partial charge < -0.3 is 15.4 Å². The van der Waals surface area contributed by atoms with Crippen molar-refractivity contribution in [3.63, 3.8) is 0 Å². The molecule has 1 aliphatic heterocycles. The number of benzene rings is 1. The number of pyridine rings is 1. The summed E-state index contributed by atoms with van der Waals surface area (Å²) in [5.74, 6) is 0.476. The van der Waals surface area contributed by atoms with E-state index in [0.717, 1.165) is 0 Å². The standard InChI is InChI=1S/C22H25N5O3/c1-22(2,3)26(4)20(28)17-13-18(15-9-7-6-8-10-15)27(25-17,21(23)29)19-12-11-16(30-5)14-24-19/h6-14H,1-5H3,(H-,23,29)/p+1. The van der Waals surface area contributed by atoms with Crippen LogP contribution in [0.4, 0.5) is 10.6 Å². The van der Waals surface area contributed by atoms with E-state index in [1.165, 1.54) is 13.3 Å². The first-order valence-corrected chi connectivity index (χ1v) is 9.47. The summed E-state index contributed by atoms with van der Waals surface area (Å²) in [6, 6.07) is 11.7. The van der Waals surface area contributed by atoms with Gasteiger partial charge in [0.2, 0.25) is 0 Å². The predicted octanol–water partition coefficient (Wildman–Crippen LogP) is 3.14. The predicted molar refractivity (Wildman–Crippen MR) is 117 cm³/mol. The zero-order valence-corrected chi connectivity index (χ0v) is 17.8. The monoisotopic (exact) mass is 408 g/mol. The van der Waals surface area contributed by atoms with Crippen LogP contribution in [0.25, 0.3) is 5.70 Å². The van der Waals surface area contributed by atoms with E-state index in [0.29, 0.717) is 17.0 Å². The van der Waals surface area contributed by atoms with Crippen LogP contribution in [0.5, 0.6) is 5.75 Å². The number of quaternary nitrogens is 1. The maximum absolute atomic E-state index is 13.2. The minimum absolute atomic E-state index is 0.127. The number of amides is 3. The Labute approximate surface area is 175 Å². The molecular weight excluding hydrogens is 382 g/mol. The zero-order chi connectivity index (χ0) is 22.1. The third kappa shape index (κ3) is 3.57. The number of rotatable bonds is 4. The van der Waals surface area contributed by atoms with Crippen molar-refractivity contribution in [2.24, 2.45) is 10.8 Å². The van der Waals surface area contributed by atoms with Crippen molar-refractivity contribution in [3.05, 3.63) is 60.3 Å². The van der Waals surface area contributed by atoms with Gasteiger partial charge in [0.15, 0.2) is 11.4 Å². The van der Waals surface area contributed by atoms with Crippen LogP contribution in [-0.4, -0.2) is 47.2 Å². The fourth-order valence-corrected chi connectivity index (χ4v) is 3.07. The molecule has 2 N–H and O–H groups in total. The molecule has 0 fully saturated rings. The van der Waals surface area contributed by atoms with Crippen LogP contribution in [0, 0.1) is 0 Å². The molecule has 0 bridgehead atoms. The number of primary amides is 1. The van der Waals surface area contributed by atoms with E-state index in [-0.39, 0.29) is 17.4 Å². The Balaban J connectivity index is 2.23. The smallest absolute Gasteiger partial charge is 0.452 e. The maximum atomic E-state index is 13.2. The van der Waals surface area contributed by atoms with E-state index in [1.54, 1.807) is 30.2 Å². The highest BCUT2D eigenvalue weighted by Gasteiger charge is 2.51. The van der Waals surface area contributed by atoms with Gasteiger partial charge in [-0.3, -0.25) is 4.79 Å². The van der Waals surface area contributed by atoms with Gasteiger partial charge in [-0.1, -0.05) is 23.3 Å². The number of carbonyl (C=O) groups is 2. The number of urea groups is 1. The molecule has 2 heterocycles. The lowest BCUT2D eigenvalue weighted by atomic mass is 10.1. The number of methoxy groups -OCH3 is 1. The lowest BCUT2D eigenvalue weighted by Crippen LogP contribution is -2.51. The molecule has 1 aliphatic rings. The minimum Gasteiger partial charge on any atom is -0.495 e. The van der Waals surface area contributed by atoms with Crippen LogP contribution in [0.15, 0.2) is 59.8 Å². The highest BCUT2D eigenvalue weighted by Crippen LogP contribution is 2.38. The van der Waals surface area contributed by atoms with Crippen molar-refractivity contribution in [2.45, 2.75) is 26.3 Å². The first kappa shape index (κ1) is 21.2. The van der Waals surface area contributed by atoms with E-state index in [4.69, 9.17) is 10.5 Å². The van der Waals surface area contributed by atoms with Crippen LogP contribution >= 0.6 is 0 Å². The average molecular weight is 408 g/mol. The second-order valence-electron chi connectivity index (χ2n) is 7.95. The van der Waals surface area contributed by atoms with Crippen LogP contribution in [0.2, 0.25) is 0 Å². The molecule has 3 amide bonds. The minimum atomic E-state index is -0.774. The fourth-order valence-electron chi connectivity index (χ4n) is 3.07. The van der Waals surface area contributed by atoms with Gasteiger partial charge in [0.05, 0.1) is 13.3 Å². The fraction of sp³-hybridized carbons (Fsp3) is 0.273. The van der Waals surface area contributed by atoms with Crippen molar-refractivity contribution in [1.29, 1.82) is 0 Å². The van der Waals surface area contributed by atoms with Gasteiger partial charge in [0.25, 0.3) is 11.7 Å². The lowest BCUT2D eigenvalue weighted by molar-refractivity contribution is -0.126. The van der Waals surface area contributed by atoms with Gasteiger partial charge in [-0.05, 0) is 43.6 Å². The van der Waals surface area contributed by atoms with Crippen LogP contribution in [-0.2, 0) is 4.79 Å². The molecule has 0 saturated carbocycles. The highest BCUT2D eigenvalue weighted by atomic mass is 16.5. The molecule has 156 valence electrons. The summed E-state index contributed by atoms with van der Waals surface area (Å²) in [5.41, 5.74) is 6.73. The van der Waals surface area contributed by atoms with Gasteiger partial charge in [-0.25, -0.2) is 4.79 Å². The molecule has 8 heteroatoms. The van der Waals surface area contributed by atoms with E-state index in [9.17, 15) is 9.59 Å². The third-order valence-electron chi connectivity index (χ3n) is 5.09. The summed E-state index contributed by atoms with van der Waals surface area (Å²) in [6.45, 7) is 5.76. The third-order valence-corrected chi connectivity index (χ3v) is 5.09. The zero-order valence-electron chi connectivity index (χ0n) is 17.8. The maximum Gasteiger partial charge on any atom is 0.452 e. The normalized spacial score (nSPS) is 18.4. The Morgan fingerprint density at radius 2 is 1.77 bits per heavy atom. The second-order valence-corrected chi connectivity index (χ2v) is 7.95. The van der Waals surface area contributed by atoms with Crippen LogP contribution in [0.3, 0.4) is 0 Å². The van der Waals surface area contributed by atoms with E-state index in [2.05, 4.69) is 10.1 Å². The number of hydrogen-bond donors (Lipinski definition) is 1. The largest absolute Gasteiger partial charge is 0.495 e. The molecular formula is C22H26N5O3+. The van der Waals surface area contributed by atoms with Gasteiger partial charge >= 0.3 is 6.03 Å². The van der Waals surface area contributed by atoms with Crippen molar-refractivity contribution in [3.8, 4) is 5.75 Å². The molecule has 0 spiro atoms. The molecule has 1 aromatic heterocycles. The number of hydrogen-bond acceptors (Lipinski definition) is 5. The van der Waals surface area contributed by atoms with Crippen molar-refractivity contribution < 1.29 is 14.3 Å². The topological polar surface area (TPSA) is 97.9 Å². The molecule has 0 aliphatic carbocycles. The van der Waals surface area contributed by atoms with Crippen LogP contribution < -0.4 is 15.1 Å². The Morgan fingerprint density at radius 1 is 1.10 bits per heavy atom. The molecule has 1 aromatic carbocycles. The molecule has 8 nitrogen and oxygen atoms in total. The van der Waals surface area contributed by atoms with E-state index >= 15 is 0 Å². The number of ether oxygens (including phenoxy) is 1. The van der Waals surface area contributed by atoms with Gasteiger partial charge in [-0.2, -0.15) is 4.98 Å². The van der Waals surface area contributed by atoms with Crippen molar-refractivity contribution in [2.75, 3.05) is 14.2 Å². The SMILES string of the molecule is COc1ccc([N+]2(C(N)=O)N=C(C(=O)N(C)C(C)(C)C)C=C2c2ccccc2)nc1. The molecule has 30 heavy (non-hydrogen) atoms. The Morgan fingerprint density at radius 3 is 2.27 bits per heavy atom. The summed E-state index contributed by atoms with van der Waals surface area (Å²) in [4.78, 5) is 31.9. The number of carbonyl (C=O) groups excluding carboxylic acids is 2. The summed E-state index contributed by atoms with van der Waals surface area (Å²) < 4.78 is 4.43. The Hall–Kier alpha value is -3.52. The van der Waals surface area contributed by atoms with E-state index in [1.807, 2.05) is 51.1 Å². The summed E-state index contributed by atoms with van der Waals surface area (Å²) in [6.07, 6.45) is 3.09. The van der Waals surface area contributed by atoms with Crippen molar-refractivity contribution in [1.82, 2.24) is 14.5 Å². The first-order chi connectivity index (χ1) is 14.1. The summed E-state index contributed by atoms with van der Waals surface area (Å²) in [5, 5.41) is 4.53. The first-order valence-electron chi connectivity index (χ1n) is 9.47. The number of aromatic nitrogens is 1. The molecule has 1 unspecified atom stereocenters. The average Bonchev–Trinajstić information content (AvgIpc) is 3.15. The quantitative estimate of drug-likeness (QED) is 0.786. The lowest BCUT2D eigenvalue weighted by Gasteiger charge is -2.31. The molecule has 1 atom stereocenters. The summed E-state index contributed by atoms with van der Waals surface area (Å²) in [7, 11) is 3.22. The van der Waals surface area contributed by atoms with Crippen molar-refractivity contribution >= 4 is 29.2 Å². The highest BCUT2D eigenvalue weighted by molar-refractivity contribution is 6.46. The van der Waals surface area contributed by atoms with Crippen LogP contribution in [0.1, 0.15) is 26.3 Å². The van der Waals surface area contributed by atoms with Gasteiger partial charge in [0, 0.05) is 30.3 Å². The Bertz CT molecular complexity index is 1020. The molecule has 0 radical (unpaired) electrons. The molecule has 3 rings (SSSR count). The Kier molecular flexibility index (Phi) is 5.45. The summed E-state index contributed by atoms with van der Waals surface area (Å²) >= 11 is 0. The van der Waals surface area contributed by atoms with Gasteiger partial charge in [-0.15, -0.1) is 0 Å². The second kappa shape index (κ2) is 7.72. The molecule has 0 saturated heterocycles.